The van der Waals surface area contributed by atoms with Crippen LogP contribution in [0.1, 0.15) is 17.3 Å². The summed E-state index contributed by atoms with van der Waals surface area (Å²) in [6, 6.07) is 4.75. The van der Waals surface area contributed by atoms with Crippen molar-refractivity contribution in [2.45, 2.75) is 6.92 Å². The molecule has 1 aromatic carbocycles. The van der Waals surface area contributed by atoms with Crippen LogP contribution in [-0.2, 0) is 4.74 Å². The molecule has 0 saturated heterocycles. The minimum atomic E-state index is -0.240. The molecule has 0 heterocycles. The molecule has 3 nitrogen and oxygen atoms in total. The number of halogens is 2. The van der Waals surface area contributed by atoms with Crippen LogP contribution in [0, 0.1) is 0 Å². The van der Waals surface area contributed by atoms with Crippen molar-refractivity contribution in [1.82, 2.24) is 5.32 Å². The highest BCUT2D eigenvalue weighted by atomic mass is 35.5. The highest BCUT2D eigenvalue weighted by Gasteiger charge is 2.09. The second kappa shape index (κ2) is 7.41. The molecule has 1 N–H and O–H groups in total. The van der Waals surface area contributed by atoms with E-state index in [1.165, 1.54) is 6.07 Å². The summed E-state index contributed by atoms with van der Waals surface area (Å²) in [7, 11) is 0. The van der Waals surface area contributed by atoms with Gasteiger partial charge in [0.15, 0.2) is 0 Å². The molecule has 0 saturated carbocycles. The van der Waals surface area contributed by atoms with Gasteiger partial charge in [0.2, 0.25) is 0 Å². The number of rotatable bonds is 6. The zero-order valence-corrected chi connectivity index (χ0v) is 11.6. The van der Waals surface area contributed by atoms with E-state index in [9.17, 15) is 4.79 Å². The van der Waals surface area contributed by atoms with Gasteiger partial charge in [0.05, 0.1) is 23.8 Å². The SMILES string of the molecule is C=C(C)COCCNC(=O)c1ccc(Cl)cc1Cl. The summed E-state index contributed by atoms with van der Waals surface area (Å²) in [6.45, 7) is 6.95. The van der Waals surface area contributed by atoms with Crippen LogP contribution in [0.5, 0.6) is 0 Å². The van der Waals surface area contributed by atoms with Crippen molar-refractivity contribution in [3.8, 4) is 0 Å². The first kappa shape index (κ1) is 15.0. The summed E-state index contributed by atoms with van der Waals surface area (Å²) < 4.78 is 5.26. The van der Waals surface area contributed by atoms with Crippen molar-refractivity contribution in [3.05, 3.63) is 46.0 Å². The van der Waals surface area contributed by atoms with Crippen LogP contribution < -0.4 is 5.32 Å². The Morgan fingerprint density at radius 1 is 1.44 bits per heavy atom. The Morgan fingerprint density at radius 3 is 2.78 bits per heavy atom. The lowest BCUT2D eigenvalue weighted by atomic mass is 10.2. The van der Waals surface area contributed by atoms with E-state index >= 15 is 0 Å². The number of hydrogen-bond donors (Lipinski definition) is 1. The molecule has 0 aliphatic rings. The molecule has 0 radical (unpaired) electrons. The van der Waals surface area contributed by atoms with Gasteiger partial charge in [-0.3, -0.25) is 4.79 Å². The van der Waals surface area contributed by atoms with E-state index < -0.39 is 0 Å². The molecular weight excluding hydrogens is 273 g/mol. The molecule has 1 aromatic rings. The maximum absolute atomic E-state index is 11.8. The Balaban J connectivity index is 2.39. The van der Waals surface area contributed by atoms with Crippen LogP contribution in [0.15, 0.2) is 30.4 Å². The largest absolute Gasteiger partial charge is 0.375 e. The Morgan fingerprint density at radius 2 is 2.17 bits per heavy atom. The highest BCUT2D eigenvalue weighted by Crippen LogP contribution is 2.20. The van der Waals surface area contributed by atoms with Crippen molar-refractivity contribution in [3.63, 3.8) is 0 Å². The molecule has 0 aliphatic heterocycles. The van der Waals surface area contributed by atoms with E-state index in [-0.39, 0.29) is 5.91 Å². The van der Waals surface area contributed by atoms with E-state index in [0.29, 0.717) is 35.4 Å². The highest BCUT2D eigenvalue weighted by molar-refractivity contribution is 6.36. The average molecular weight is 288 g/mol. The van der Waals surface area contributed by atoms with E-state index in [1.807, 2.05) is 6.92 Å². The van der Waals surface area contributed by atoms with E-state index in [1.54, 1.807) is 12.1 Å². The second-order valence-electron chi connectivity index (χ2n) is 3.89. The van der Waals surface area contributed by atoms with Gasteiger partial charge >= 0.3 is 0 Å². The van der Waals surface area contributed by atoms with E-state index in [2.05, 4.69) is 11.9 Å². The molecule has 0 aliphatic carbocycles. The summed E-state index contributed by atoms with van der Waals surface area (Å²) in [6.07, 6.45) is 0. The van der Waals surface area contributed by atoms with Crippen LogP contribution in [0.25, 0.3) is 0 Å². The number of amides is 1. The predicted molar refractivity (Wildman–Crippen MR) is 74.4 cm³/mol. The molecule has 1 rings (SSSR count). The van der Waals surface area contributed by atoms with Gasteiger partial charge in [-0.05, 0) is 25.1 Å². The molecule has 0 aromatic heterocycles. The smallest absolute Gasteiger partial charge is 0.252 e. The summed E-state index contributed by atoms with van der Waals surface area (Å²) in [5.74, 6) is -0.240. The van der Waals surface area contributed by atoms with Gasteiger partial charge in [-0.1, -0.05) is 35.4 Å². The first-order valence-corrected chi connectivity index (χ1v) is 6.21. The molecule has 5 heteroatoms. The molecule has 1 amide bonds. The van der Waals surface area contributed by atoms with Crippen LogP contribution in [0.3, 0.4) is 0 Å². The Labute approximate surface area is 117 Å². The zero-order valence-electron chi connectivity index (χ0n) is 10.1. The van der Waals surface area contributed by atoms with Gasteiger partial charge in [-0.15, -0.1) is 0 Å². The summed E-state index contributed by atoms with van der Waals surface area (Å²) in [5.41, 5.74) is 1.35. The second-order valence-corrected chi connectivity index (χ2v) is 4.73. The summed E-state index contributed by atoms with van der Waals surface area (Å²) >= 11 is 11.7. The quantitative estimate of drug-likeness (QED) is 0.644. The third kappa shape index (κ3) is 5.08. The fourth-order valence-electron chi connectivity index (χ4n) is 1.25. The number of nitrogens with one attached hydrogen (secondary N) is 1. The first-order chi connectivity index (χ1) is 8.50. The molecule has 0 bridgehead atoms. The lowest BCUT2D eigenvalue weighted by Gasteiger charge is -2.07. The predicted octanol–water partition coefficient (Wildman–Crippen LogP) is 3.32. The molecule has 0 fully saturated rings. The molecule has 0 atom stereocenters. The van der Waals surface area contributed by atoms with Crippen molar-refractivity contribution < 1.29 is 9.53 Å². The molecular formula is C13H15Cl2NO2. The van der Waals surface area contributed by atoms with Crippen LogP contribution in [-0.4, -0.2) is 25.7 Å². The van der Waals surface area contributed by atoms with E-state index in [0.717, 1.165) is 5.57 Å². The number of benzene rings is 1. The monoisotopic (exact) mass is 287 g/mol. The van der Waals surface area contributed by atoms with Crippen LogP contribution in [0.2, 0.25) is 10.0 Å². The Kier molecular flexibility index (Phi) is 6.19. The normalized spacial score (nSPS) is 10.2. The van der Waals surface area contributed by atoms with Crippen molar-refractivity contribution in [1.29, 1.82) is 0 Å². The zero-order chi connectivity index (χ0) is 13.5. The standard InChI is InChI=1S/C13H15Cl2NO2/c1-9(2)8-18-6-5-16-13(17)11-4-3-10(14)7-12(11)15/h3-4,7H,1,5-6,8H2,2H3,(H,16,17). The van der Waals surface area contributed by atoms with Gasteiger partial charge in [0.25, 0.3) is 5.91 Å². The summed E-state index contributed by atoms with van der Waals surface area (Å²) in [5, 5.41) is 3.55. The topological polar surface area (TPSA) is 38.3 Å². The van der Waals surface area contributed by atoms with Crippen molar-refractivity contribution >= 4 is 29.1 Å². The minimum absolute atomic E-state index is 0.240. The van der Waals surface area contributed by atoms with Gasteiger partial charge in [0.1, 0.15) is 0 Å². The Hall–Kier alpha value is -1.03. The average Bonchev–Trinajstić information content (AvgIpc) is 2.27. The third-order valence-electron chi connectivity index (χ3n) is 2.06. The maximum Gasteiger partial charge on any atom is 0.252 e. The lowest BCUT2D eigenvalue weighted by molar-refractivity contribution is 0.0927. The van der Waals surface area contributed by atoms with Crippen LogP contribution >= 0.6 is 23.2 Å². The lowest BCUT2D eigenvalue weighted by Crippen LogP contribution is -2.27. The number of carbonyl (C=O) groups excluding carboxylic acids is 1. The molecule has 98 valence electrons. The minimum Gasteiger partial charge on any atom is -0.375 e. The first-order valence-electron chi connectivity index (χ1n) is 5.46. The van der Waals surface area contributed by atoms with Gasteiger partial charge in [-0.2, -0.15) is 0 Å². The van der Waals surface area contributed by atoms with Crippen molar-refractivity contribution in [2.24, 2.45) is 0 Å². The Bertz CT molecular complexity index is 447. The number of ether oxygens (including phenoxy) is 1. The summed E-state index contributed by atoms with van der Waals surface area (Å²) in [4.78, 5) is 11.8. The van der Waals surface area contributed by atoms with Gasteiger partial charge in [-0.25, -0.2) is 0 Å². The third-order valence-corrected chi connectivity index (χ3v) is 2.60. The fourth-order valence-corrected chi connectivity index (χ4v) is 1.75. The van der Waals surface area contributed by atoms with Crippen molar-refractivity contribution in [2.75, 3.05) is 19.8 Å². The van der Waals surface area contributed by atoms with Gasteiger partial charge < -0.3 is 10.1 Å². The van der Waals surface area contributed by atoms with Gasteiger partial charge in [0, 0.05) is 11.6 Å². The number of hydrogen-bond acceptors (Lipinski definition) is 2. The fraction of sp³-hybridized carbons (Fsp3) is 0.308. The molecule has 18 heavy (non-hydrogen) atoms. The molecule has 0 unspecified atom stereocenters. The van der Waals surface area contributed by atoms with Crippen LogP contribution in [0.4, 0.5) is 0 Å². The maximum atomic E-state index is 11.8. The molecule has 0 spiro atoms. The number of carbonyl (C=O) groups is 1. The van der Waals surface area contributed by atoms with E-state index in [4.69, 9.17) is 27.9 Å².